The van der Waals surface area contributed by atoms with Crippen LogP contribution in [-0.2, 0) is 19.4 Å². The highest BCUT2D eigenvalue weighted by atomic mass is 32.1. The largest absolute Gasteiger partial charge is 0.353 e. The fraction of sp³-hybridized carbons (Fsp3) is 0.389. The van der Waals surface area contributed by atoms with Crippen LogP contribution in [0.15, 0.2) is 24.3 Å². The average molecular weight is 328 g/mol. The maximum Gasteiger partial charge on any atom is 0.256 e. The van der Waals surface area contributed by atoms with Gasteiger partial charge in [0.15, 0.2) is 0 Å². The molecule has 3 heterocycles. The van der Waals surface area contributed by atoms with Crippen LogP contribution in [0.2, 0.25) is 0 Å². The summed E-state index contributed by atoms with van der Waals surface area (Å²) < 4.78 is 0. The lowest BCUT2D eigenvalue weighted by Gasteiger charge is -2.27. The van der Waals surface area contributed by atoms with Crippen molar-refractivity contribution in [3.8, 4) is 0 Å². The van der Waals surface area contributed by atoms with Gasteiger partial charge in [-0.1, -0.05) is 31.2 Å². The zero-order valence-electron chi connectivity index (χ0n) is 13.5. The summed E-state index contributed by atoms with van der Waals surface area (Å²) in [4.78, 5) is 15.5. The molecule has 0 saturated heterocycles. The van der Waals surface area contributed by atoms with Crippen LogP contribution in [0.1, 0.15) is 45.0 Å². The van der Waals surface area contributed by atoms with Gasteiger partial charge in [-0.05, 0) is 23.1 Å². The van der Waals surface area contributed by atoms with E-state index >= 15 is 0 Å². The van der Waals surface area contributed by atoms with Crippen LogP contribution in [0.25, 0.3) is 0 Å². The Hall–Kier alpha value is -1.85. The molecule has 0 fully saturated rings. The summed E-state index contributed by atoms with van der Waals surface area (Å²) in [6, 6.07) is 8.48. The molecule has 1 amide bonds. The van der Waals surface area contributed by atoms with Crippen LogP contribution in [0.5, 0.6) is 0 Å². The molecule has 0 bridgehead atoms. The number of quaternary nitrogens is 1. The van der Waals surface area contributed by atoms with Gasteiger partial charge in [-0.2, -0.15) is 0 Å². The Morgan fingerprint density at radius 2 is 2.04 bits per heavy atom. The van der Waals surface area contributed by atoms with Crippen molar-refractivity contribution in [3.05, 3.63) is 51.4 Å². The fourth-order valence-electron chi connectivity index (χ4n) is 3.45. The van der Waals surface area contributed by atoms with Gasteiger partial charge in [-0.15, -0.1) is 11.3 Å². The van der Waals surface area contributed by atoms with Crippen molar-refractivity contribution in [2.45, 2.75) is 32.5 Å². The maximum atomic E-state index is 12.7. The van der Waals surface area contributed by atoms with Crippen LogP contribution >= 0.6 is 11.3 Å². The Bertz CT molecular complexity index is 750. The first-order chi connectivity index (χ1) is 11.2. The number of amides is 1. The van der Waals surface area contributed by atoms with Crippen molar-refractivity contribution in [2.24, 2.45) is 0 Å². The Labute approximate surface area is 140 Å². The van der Waals surface area contributed by atoms with Crippen molar-refractivity contribution < 1.29 is 9.69 Å². The molecule has 2 aromatic rings. The van der Waals surface area contributed by atoms with Crippen molar-refractivity contribution in [1.82, 2.24) is 5.32 Å². The van der Waals surface area contributed by atoms with E-state index < -0.39 is 0 Å². The number of hydrogen-bond acceptors (Lipinski definition) is 3. The minimum atomic E-state index is -0.133. The second kappa shape index (κ2) is 5.65. The number of fused-ring (bicyclic) bond motifs is 3. The molecule has 1 unspecified atom stereocenters. The predicted octanol–water partition coefficient (Wildman–Crippen LogP) is 1.74. The number of thiophene rings is 1. The van der Waals surface area contributed by atoms with E-state index in [0.717, 1.165) is 42.1 Å². The predicted molar refractivity (Wildman–Crippen MR) is 93.1 cm³/mol. The number of nitrogens with one attached hydrogen (secondary N) is 3. The molecule has 5 heteroatoms. The topological polar surface area (TPSA) is 45.6 Å². The van der Waals surface area contributed by atoms with E-state index in [1.807, 2.05) is 0 Å². The molecule has 1 aromatic heterocycles. The number of carbonyl (C=O) groups is 1. The third kappa shape index (κ3) is 2.54. The molecule has 4 nitrogen and oxygen atoms in total. The lowest BCUT2D eigenvalue weighted by molar-refractivity contribution is -0.895. The summed E-state index contributed by atoms with van der Waals surface area (Å²) in [7, 11) is 2.22. The molecule has 120 valence electrons. The third-order valence-corrected chi connectivity index (χ3v) is 6.02. The molecule has 4 rings (SSSR count). The van der Waals surface area contributed by atoms with Gasteiger partial charge in [0, 0.05) is 6.42 Å². The molecule has 2 atom stereocenters. The van der Waals surface area contributed by atoms with E-state index in [2.05, 4.69) is 48.9 Å². The molecule has 0 spiro atoms. The van der Waals surface area contributed by atoms with Crippen LogP contribution in [0.4, 0.5) is 5.00 Å². The highest BCUT2D eigenvalue weighted by Crippen LogP contribution is 2.38. The first-order valence-electron chi connectivity index (χ1n) is 8.27. The summed E-state index contributed by atoms with van der Waals surface area (Å²) in [5.41, 5.74) is 4.57. The number of hydrogen-bond donors (Lipinski definition) is 3. The maximum absolute atomic E-state index is 12.7. The van der Waals surface area contributed by atoms with Gasteiger partial charge in [-0.25, -0.2) is 0 Å². The number of anilines is 1. The molecule has 1 aromatic carbocycles. The van der Waals surface area contributed by atoms with Crippen LogP contribution < -0.4 is 15.5 Å². The molecule has 3 N–H and O–H groups in total. The monoisotopic (exact) mass is 328 g/mol. The Morgan fingerprint density at radius 1 is 1.26 bits per heavy atom. The Balaban J connectivity index is 1.65. The quantitative estimate of drug-likeness (QED) is 0.786. The van der Waals surface area contributed by atoms with E-state index in [4.69, 9.17) is 0 Å². The first-order valence-corrected chi connectivity index (χ1v) is 9.09. The lowest BCUT2D eigenvalue weighted by atomic mass is 10.0. The standard InChI is InChI=1S/C18H21N3OS/c1-3-11-4-6-12(7-5-11)16-19-17(22)15-13-8-9-21(2)10-14(13)23-18(15)20-16/h4-7,16,20H,3,8-10H2,1-2H3,(H,19,22)/p+1/t16-/m0/s1. The number of aryl methyl sites for hydroxylation is 1. The number of likely N-dealkylation sites (N-methyl/N-ethyl adjacent to an activating group) is 1. The van der Waals surface area contributed by atoms with E-state index in [1.165, 1.54) is 20.9 Å². The van der Waals surface area contributed by atoms with Crippen molar-refractivity contribution in [3.63, 3.8) is 0 Å². The summed E-state index contributed by atoms with van der Waals surface area (Å²) in [5, 5.41) is 7.69. The number of carbonyl (C=O) groups excluding carboxylic acids is 1. The van der Waals surface area contributed by atoms with Gasteiger partial charge in [0.2, 0.25) is 0 Å². The van der Waals surface area contributed by atoms with Crippen LogP contribution in [0, 0.1) is 0 Å². The molecule has 0 aliphatic carbocycles. The Kier molecular flexibility index (Phi) is 3.62. The molecular weight excluding hydrogens is 306 g/mol. The third-order valence-electron chi connectivity index (χ3n) is 4.85. The number of benzene rings is 1. The fourth-order valence-corrected chi connectivity index (χ4v) is 4.83. The molecular formula is C18H22N3OS+. The Morgan fingerprint density at radius 3 is 2.78 bits per heavy atom. The van der Waals surface area contributed by atoms with Gasteiger partial charge in [0.05, 0.1) is 24.0 Å². The van der Waals surface area contributed by atoms with Crippen LogP contribution in [-0.4, -0.2) is 19.5 Å². The summed E-state index contributed by atoms with van der Waals surface area (Å²) in [6.45, 7) is 4.28. The molecule has 0 saturated carbocycles. The second-order valence-electron chi connectivity index (χ2n) is 6.49. The van der Waals surface area contributed by atoms with E-state index in [9.17, 15) is 4.79 Å². The molecule has 2 aliphatic rings. The normalized spacial score (nSPS) is 22.8. The van der Waals surface area contributed by atoms with Gasteiger partial charge in [0.1, 0.15) is 17.7 Å². The highest BCUT2D eigenvalue weighted by Gasteiger charge is 2.33. The smallest absolute Gasteiger partial charge is 0.256 e. The summed E-state index contributed by atoms with van der Waals surface area (Å²) >= 11 is 1.76. The second-order valence-corrected chi connectivity index (χ2v) is 7.59. The van der Waals surface area contributed by atoms with Crippen molar-refractivity contribution in [1.29, 1.82) is 0 Å². The zero-order chi connectivity index (χ0) is 16.0. The van der Waals surface area contributed by atoms with Crippen LogP contribution in [0.3, 0.4) is 0 Å². The van der Waals surface area contributed by atoms with Crippen molar-refractivity contribution >= 4 is 22.2 Å². The lowest BCUT2D eigenvalue weighted by Crippen LogP contribution is -3.08. The highest BCUT2D eigenvalue weighted by molar-refractivity contribution is 7.16. The van der Waals surface area contributed by atoms with Crippen molar-refractivity contribution in [2.75, 3.05) is 18.9 Å². The molecule has 23 heavy (non-hydrogen) atoms. The van der Waals surface area contributed by atoms with E-state index in [-0.39, 0.29) is 12.1 Å². The van der Waals surface area contributed by atoms with E-state index in [0.29, 0.717) is 0 Å². The van der Waals surface area contributed by atoms with Gasteiger partial charge >= 0.3 is 0 Å². The molecule has 2 aliphatic heterocycles. The summed E-state index contributed by atoms with van der Waals surface area (Å²) in [6.07, 6.45) is 1.89. The van der Waals surface area contributed by atoms with Gasteiger partial charge in [0.25, 0.3) is 5.91 Å². The first kappa shape index (κ1) is 14.7. The molecule has 0 radical (unpaired) electrons. The zero-order valence-corrected chi connectivity index (χ0v) is 14.3. The minimum Gasteiger partial charge on any atom is -0.353 e. The number of rotatable bonds is 2. The minimum absolute atomic E-state index is 0.0698. The van der Waals surface area contributed by atoms with Gasteiger partial charge < -0.3 is 15.5 Å². The van der Waals surface area contributed by atoms with E-state index in [1.54, 1.807) is 11.3 Å². The SMILES string of the molecule is CCc1ccc([C@H]2NC(=O)c3c(sc4c3CC[NH+](C)C4)N2)cc1. The summed E-state index contributed by atoms with van der Waals surface area (Å²) in [5.74, 6) is 0.0698. The van der Waals surface area contributed by atoms with Gasteiger partial charge in [-0.3, -0.25) is 4.79 Å². The average Bonchev–Trinajstić information content (AvgIpc) is 2.92.